The van der Waals surface area contributed by atoms with Gasteiger partial charge in [-0.1, -0.05) is 30.3 Å². The van der Waals surface area contributed by atoms with Gasteiger partial charge in [0.15, 0.2) is 5.78 Å². The molecule has 2 fully saturated rings. The molecule has 24 heavy (non-hydrogen) atoms. The number of hydrogen-bond acceptors (Lipinski definition) is 4. The maximum atomic E-state index is 12.8. The lowest BCUT2D eigenvalue weighted by Crippen LogP contribution is -2.57. The molecule has 2 aliphatic heterocycles. The fourth-order valence-electron chi connectivity index (χ4n) is 4.00. The lowest BCUT2D eigenvalue weighted by atomic mass is 9.80. The van der Waals surface area contributed by atoms with E-state index in [0.29, 0.717) is 12.1 Å². The Bertz CT molecular complexity index is 675. The summed E-state index contributed by atoms with van der Waals surface area (Å²) in [6, 6.07) is 14.9. The van der Waals surface area contributed by atoms with E-state index in [2.05, 4.69) is 34.1 Å². The smallest absolute Gasteiger partial charge is 0.167 e. The van der Waals surface area contributed by atoms with E-state index in [0.717, 1.165) is 38.2 Å². The minimum absolute atomic E-state index is 0.0834. The summed E-state index contributed by atoms with van der Waals surface area (Å²) in [5.74, 6) is 0.319. The van der Waals surface area contributed by atoms with Gasteiger partial charge in [-0.15, -0.1) is 0 Å². The van der Waals surface area contributed by atoms with Gasteiger partial charge in [-0.3, -0.25) is 14.7 Å². The summed E-state index contributed by atoms with van der Waals surface area (Å²) in [5.41, 5.74) is 2.06. The van der Waals surface area contributed by atoms with Gasteiger partial charge in [0.1, 0.15) is 0 Å². The summed E-state index contributed by atoms with van der Waals surface area (Å²) in [4.78, 5) is 19.4. The molecule has 2 atom stereocenters. The van der Waals surface area contributed by atoms with Gasteiger partial charge in [0.2, 0.25) is 0 Å². The average Bonchev–Trinajstić information content (AvgIpc) is 2.62. The molecule has 2 aromatic rings. The minimum Gasteiger partial charge on any atom is -0.378 e. The predicted octanol–water partition coefficient (Wildman–Crippen LogP) is 2.94. The maximum Gasteiger partial charge on any atom is 0.167 e. The van der Waals surface area contributed by atoms with E-state index < -0.39 is 0 Å². The number of piperidine rings is 1. The molecule has 2 saturated heterocycles. The van der Waals surface area contributed by atoms with Crippen molar-refractivity contribution in [3.05, 3.63) is 66.0 Å². The molecule has 0 saturated carbocycles. The Labute approximate surface area is 142 Å². The first-order valence-corrected chi connectivity index (χ1v) is 8.63. The fourth-order valence-corrected chi connectivity index (χ4v) is 4.00. The topological polar surface area (TPSA) is 42.4 Å². The first-order chi connectivity index (χ1) is 11.8. The number of hydrogen-bond donors (Lipinski definition) is 0. The van der Waals surface area contributed by atoms with Crippen molar-refractivity contribution in [3.8, 4) is 0 Å². The number of morpholine rings is 1. The standard InChI is InChI=1S/C20H22N2O2/c23-20(16-7-4-8-21-11-16)17-9-18-13-24-14-19(10-17)22(18)12-15-5-2-1-3-6-15/h1-8,11,17-19H,9-10,12-14H2. The largest absolute Gasteiger partial charge is 0.378 e. The molecule has 2 unspecified atom stereocenters. The predicted molar refractivity (Wildman–Crippen MR) is 91.7 cm³/mol. The number of ether oxygens (including phenoxy) is 1. The summed E-state index contributed by atoms with van der Waals surface area (Å²) in [7, 11) is 0. The van der Waals surface area contributed by atoms with Gasteiger partial charge in [-0.05, 0) is 30.5 Å². The molecule has 2 aliphatic rings. The van der Waals surface area contributed by atoms with Gasteiger partial charge in [0, 0.05) is 42.5 Å². The summed E-state index contributed by atoms with van der Waals surface area (Å²) in [6.45, 7) is 2.38. The Morgan fingerprint density at radius 1 is 1.08 bits per heavy atom. The molecule has 4 nitrogen and oxygen atoms in total. The molecular weight excluding hydrogens is 300 g/mol. The van der Waals surface area contributed by atoms with Gasteiger partial charge in [-0.2, -0.15) is 0 Å². The van der Waals surface area contributed by atoms with Crippen molar-refractivity contribution in [2.45, 2.75) is 31.5 Å². The SMILES string of the molecule is O=C(c1cccnc1)C1CC2COCC(C1)N2Cc1ccccc1. The van der Waals surface area contributed by atoms with Gasteiger partial charge in [0.05, 0.1) is 13.2 Å². The Kier molecular flexibility index (Phi) is 4.41. The van der Waals surface area contributed by atoms with E-state index in [1.54, 1.807) is 12.4 Å². The van der Waals surface area contributed by atoms with Crippen molar-refractivity contribution in [2.75, 3.05) is 13.2 Å². The molecule has 1 aromatic heterocycles. The van der Waals surface area contributed by atoms with Crippen molar-refractivity contribution in [2.24, 2.45) is 5.92 Å². The fraction of sp³-hybridized carbons (Fsp3) is 0.400. The van der Waals surface area contributed by atoms with Crippen LogP contribution in [0.3, 0.4) is 0 Å². The highest BCUT2D eigenvalue weighted by molar-refractivity contribution is 5.97. The van der Waals surface area contributed by atoms with Crippen LogP contribution in [-0.4, -0.2) is 41.0 Å². The number of aromatic nitrogens is 1. The maximum absolute atomic E-state index is 12.8. The highest BCUT2D eigenvalue weighted by atomic mass is 16.5. The lowest BCUT2D eigenvalue weighted by molar-refractivity contribution is -0.0872. The number of pyridine rings is 1. The molecule has 0 N–H and O–H groups in total. The van der Waals surface area contributed by atoms with E-state index in [4.69, 9.17) is 4.74 Å². The third kappa shape index (κ3) is 3.12. The molecule has 0 amide bonds. The number of carbonyl (C=O) groups excluding carboxylic acids is 1. The summed E-state index contributed by atoms with van der Waals surface area (Å²) in [5, 5.41) is 0. The van der Waals surface area contributed by atoms with Crippen LogP contribution < -0.4 is 0 Å². The number of rotatable bonds is 4. The monoisotopic (exact) mass is 322 g/mol. The molecule has 2 bridgehead atoms. The molecule has 4 heteroatoms. The molecule has 4 rings (SSSR count). The lowest BCUT2D eigenvalue weighted by Gasteiger charge is -2.48. The van der Waals surface area contributed by atoms with Gasteiger partial charge in [-0.25, -0.2) is 0 Å². The third-order valence-electron chi connectivity index (χ3n) is 5.20. The molecule has 0 aliphatic carbocycles. The van der Waals surface area contributed by atoms with Crippen LogP contribution in [0.4, 0.5) is 0 Å². The van der Waals surface area contributed by atoms with E-state index in [9.17, 15) is 4.79 Å². The minimum atomic E-state index is 0.0834. The van der Waals surface area contributed by atoms with Crippen LogP contribution >= 0.6 is 0 Å². The Morgan fingerprint density at radius 2 is 1.83 bits per heavy atom. The van der Waals surface area contributed by atoms with E-state index in [1.807, 2.05) is 18.2 Å². The number of fused-ring (bicyclic) bond motifs is 2. The number of nitrogens with zero attached hydrogens (tertiary/aromatic N) is 2. The average molecular weight is 322 g/mol. The van der Waals surface area contributed by atoms with E-state index >= 15 is 0 Å². The number of benzene rings is 1. The van der Waals surface area contributed by atoms with Crippen LogP contribution in [0.2, 0.25) is 0 Å². The van der Waals surface area contributed by atoms with Crippen LogP contribution in [0.5, 0.6) is 0 Å². The van der Waals surface area contributed by atoms with Crippen LogP contribution in [-0.2, 0) is 11.3 Å². The van der Waals surface area contributed by atoms with Crippen molar-refractivity contribution >= 4 is 5.78 Å². The van der Waals surface area contributed by atoms with Crippen molar-refractivity contribution in [1.29, 1.82) is 0 Å². The number of ketones is 1. The quantitative estimate of drug-likeness (QED) is 0.812. The second-order valence-corrected chi connectivity index (χ2v) is 6.78. The van der Waals surface area contributed by atoms with Crippen LogP contribution in [0.15, 0.2) is 54.9 Å². The third-order valence-corrected chi connectivity index (χ3v) is 5.20. The zero-order valence-electron chi connectivity index (χ0n) is 13.7. The Balaban J connectivity index is 1.49. The number of Topliss-reactive ketones (excluding diaryl/α,β-unsaturated/α-hetero) is 1. The molecule has 0 spiro atoms. The molecule has 1 aromatic carbocycles. The molecule has 3 heterocycles. The first kappa shape index (κ1) is 15.5. The highest BCUT2D eigenvalue weighted by Gasteiger charge is 2.41. The summed E-state index contributed by atoms with van der Waals surface area (Å²) in [6.07, 6.45) is 5.14. The highest BCUT2D eigenvalue weighted by Crippen LogP contribution is 2.34. The van der Waals surface area contributed by atoms with E-state index in [-0.39, 0.29) is 11.7 Å². The zero-order valence-corrected chi connectivity index (χ0v) is 13.7. The second-order valence-electron chi connectivity index (χ2n) is 6.78. The van der Waals surface area contributed by atoms with Crippen LogP contribution in [0, 0.1) is 5.92 Å². The first-order valence-electron chi connectivity index (χ1n) is 8.63. The van der Waals surface area contributed by atoms with Gasteiger partial charge >= 0.3 is 0 Å². The van der Waals surface area contributed by atoms with Crippen molar-refractivity contribution < 1.29 is 9.53 Å². The summed E-state index contributed by atoms with van der Waals surface area (Å²) < 4.78 is 5.77. The molecule has 0 radical (unpaired) electrons. The van der Waals surface area contributed by atoms with E-state index in [1.165, 1.54) is 5.56 Å². The van der Waals surface area contributed by atoms with Crippen LogP contribution in [0.25, 0.3) is 0 Å². The Morgan fingerprint density at radius 3 is 2.50 bits per heavy atom. The van der Waals surface area contributed by atoms with Gasteiger partial charge < -0.3 is 4.74 Å². The van der Waals surface area contributed by atoms with Crippen LogP contribution in [0.1, 0.15) is 28.8 Å². The van der Waals surface area contributed by atoms with Crippen molar-refractivity contribution in [1.82, 2.24) is 9.88 Å². The Hall–Kier alpha value is -2.04. The number of carbonyl (C=O) groups is 1. The van der Waals surface area contributed by atoms with Crippen molar-refractivity contribution in [3.63, 3.8) is 0 Å². The normalized spacial score (nSPS) is 26.9. The van der Waals surface area contributed by atoms with Gasteiger partial charge in [0.25, 0.3) is 0 Å². The second kappa shape index (κ2) is 6.83. The molecular formula is C20H22N2O2. The zero-order chi connectivity index (χ0) is 16.4. The molecule has 124 valence electrons. The summed E-state index contributed by atoms with van der Waals surface area (Å²) >= 11 is 0.